The SMILES string of the molecule is O=C(O)c1nnn(Cc2ccco2)c1-c1ccc(Cl)cc1. The van der Waals surface area contributed by atoms with Crippen LogP contribution < -0.4 is 0 Å². The first-order valence-corrected chi connectivity index (χ1v) is 6.48. The van der Waals surface area contributed by atoms with E-state index in [-0.39, 0.29) is 5.69 Å². The first kappa shape index (κ1) is 13.4. The van der Waals surface area contributed by atoms with Crippen molar-refractivity contribution in [1.29, 1.82) is 0 Å². The van der Waals surface area contributed by atoms with Crippen molar-refractivity contribution < 1.29 is 14.3 Å². The Morgan fingerprint density at radius 2 is 2.05 bits per heavy atom. The predicted octanol–water partition coefficient (Wildman–Crippen LogP) is 2.94. The van der Waals surface area contributed by atoms with Gasteiger partial charge in [0.1, 0.15) is 18.0 Å². The first-order chi connectivity index (χ1) is 10.1. The molecule has 3 rings (SSSR count). The first-order valence-electron chi connectivity index (χ1n) is 6.10. The molecule has 0 spiro atoms. The van der Waals surface area contributed by atoms with E-state index in [1.807, 2.05) is 0 Å². The van der Waals surface area contributed by atoms with Crippen LogP contribution in [0.5, 0.6) is 0 Å². The summed E-state index contributed by atoms with van der Waals surface area (Å²) in [5.41, 5.74) is 0.979. The van der Waals surface area contributed by atoms with E-state index in [2.05, 4.69) is 10.3 Å². The lowest BCUT2D eigenvalue weighted by atomic mass is 10.1. The molecule has 0 unspecified atom stereocenters. The summed E-state index contributed by atoms with van der Waals surface area (Å²) < 4.78 is 6.75. The Bertz CT molecular complexity index is 763. The fraction of sp³-hybridized carbons (Fsp3) is 0.0714. The van der Waals surface area contributed by atoms with Gasteiger partial charge in [-0.3, -0.25) is 0 Å². The van der Waals surface area contributed by atoms with E-state index in [0.29, 0.717) is 28.6 Å². The van der Waals surface area contributed by atoms with Gasteiger partial charge in [-0.15, -0.1) is 5.10 Å². The van der Waals surface area contributed by atoms with Gasteiger partial charge < -0.3 is 9.52 Å². The van der Waals surface area contributed by atoms with Crippen LogP contribution in [0.1, 0.15) is 16.2 Å². The van der Waals surface area contributed by atoms with Crippen LogP contribution in [0.2, 0.25) is 5.02 Å². The summed E-state index contributed by atoms with van der Waals surface area (Å²) in [5, 5.41) is 17.5. The Labute approximate surface area is 124 Å². The van der Waals surface area contributed by atoms with Crippen LogP contribution in [-0.4, -0.2) is 26.1 Å². The summed E-state index contributed by atoms with van der Waals surface area (Å²) in [6.45, 7) is 0.297. The number of benzene rings is 1. The molecule has 1 aromatic carbocycles. The van der Waals surface area contributed by atoms with Crippen molar-refractivity contribution in [2.45, 2.75) is 6.54 Å². The Balaban J connectivity index is 2.08. The van der Waals surface area contributed by atoms with Gasteiger partial charge in [0.2, 0.25) is 0 Å². The molecular formula is C14H10ClN3O3. The number of aromatic nitrogens is 3. The van der Waals surface area contributed by atoms with Crippen molar-refractivity contribution in [2.24, 2.45) is 0 Å². The molecule has 21 heavy (non-hydrogen) atoms. The highest BCUT2D eigenvalue weighted by Crippen LogP contribution is 2.25. The highest BCUT2D eigenvalue weighted by Gasteiger charge is 2.21. The standard InChI is InChI=1S/C14H10ClN3O3/c15-10-5-3-9(4-6-10)13-12(14(19)20)16-17-18(13)8-11-2-1-7-21-11/h1-7H,8H2,(H,19,20). The number of carbonyl (C=O) groups is 1. The van der Waals surface area contributed by atoms with Crippen molar-refractivity contribution in [2.75, 3.05) is 0 Å². The molecule has 0 saturated carbocycles. The molecule has 2 heterocycles. The van der Waals surface area contributed by atoms with E-state index in [1.54, 1.807) is 42.7 Å². The molecule has 106 valence electrons. The molecule has 0 amide bonds. The van der Waals surface area contributed by atoms with E-state index in [1.165, 1.54) is 4.68 Å². The van der Waals surface area contributed by atoms with Gasteiger partial charge in [-0.05, 0) is 24.3 Å². The number of rotatable bonds is 4. The van der Waals surface area contributed by atoms with Crippen LogP contribution >= 0.6 is 11.6 Å². The zero-order chi connectivity index (χ0) is 14.8. The van der Waals surface area contributed by atoms with Crippen LogP contribution in [0, 0.1) is 0 Å². The molecule has 0 aliphatic heterocycles. The van der Waals surface area contributed by atoms with Crippen LogP contribution in [0.4, 0.5) is 0 Å². The molecule has 0 fully saturated rings. The highest BCUT2D eigenvalue weighted by atomic mass is 35.5. The van der Waals surface area contributed by atoms with Gasteiger partial charge in [-0.1, -0.05) is 28.9 Å². The zero-order valence-electron chi connectivity index (χ0n) is 10.7. The lowest BCUT2D eigenvalue weighted by molar-refractivity contribution is 0.0691. The summed E-state index contributed by atoms with van der Waals surface area (Å²) in [5.74, 6) is -0.474. The molecule has 1 N–H and O–H groups in total. The average Bonchev–Trinajstić information content (AvgIpc) is 3.10. The van der Waals surface area contributed by atoms with E-state index in [9.17, 15) is 9.90 Å². The number of hydrogen-bond acceptors (Lipinski definition) is 4. The predicted molar refractivity (Wildman–Crippen MR) is 75.2 cm³/mol. The van der Waals surface area contributed by atoms with Gasteiger partial charge in [0.25, 0.3) is 0 Å². The molecule has 3 aromatic rings. The number of nitrogens with zero attached hydrogens (tertiary/aromatic N) is 3. The molecule has 6 nitrogen and oxygen atoms in total. The molecular weight excluding hydrogens is 294 g/mol. The Hall–Kier alpha value is -2.60. The van der Waals surface area contributed by atoms with Crippen LogP contribution in [-0.2, 0) is 6.54 Å². The minimum Gasteiger partial charge on any atom is -0.476 e. The van der Waals surface area contributed by atoms with Crippen LogP contribution in [0.25, 0.3) is 11.3 Å². The maximum atomic E-state index is 11.3. The fourth-order valence-electron chi connectivity index (χ4n) is 2.01. The fourth-order valence-corrected chi connectivity index (χ4v) is 2.14. The van der Waals surface area contributed by atoms with E-state index >= 15 is 0 Å². The number of aromatic carboxylic acids is 1. The van der Waals surface area contributed by atoms with Gasteiger partial charge in [0.05, 0.1) is 6.26 Å². The third kappa shape index (κ3) is 2.66. The van der Waals surface area contributed by atoms with Gasteiger partial charge in [0, 0.05) is 10.6 Å². The van der Waals surface area contributed by atoms with Crippen molar-refractivity contribution in [3.05, 3.63) is 59.1 Å². The van der Waals surface area contributed by atoms with Crippen molar-refractivity contribution in [3.8, 4) is 11.3 Å². The quantitative estimate of drug-likeness (QED) is 0.801. The number of halogens is 1. The van der Waals surface area contributed by atoms with E-state index < -0.39 is 5.97 Å². The molecule has 0 radical (unpaired) electrons. The molecule has 0 bridgehead atoms. The Morgan fingerprint density at radius 3 is 2.67 bits per heavy atom. The minimum atomic E-state index is -1.13. The van der Waals surface area contributed by atoms with Crippen LogP contribution in [0.15, 0.2) is 47.1 Å². The monoisotopic (exact) mass is 303 g/mol. The summed E-state index contributed by atoms with van der Waals surface area (Å²) in [7, 11) is 0. The number of carboxylic acid groups (broad SMARTS) is 1. The van der Waals surface area contributed by atoms with Gasteiger partial charge in [-0.2, -0.15) is 0 Å². The summed E-state index contributed by atoms with van der Waals surface area (Å²) in [4.78, 5) is 11.3. The maximum Gasteiger partial charge on any atom is 0.358 e. The molecule has 2 aromatic heterocycles. The highest BCUT2D eigenvalue weighted by molar-refractivity contribution is 6.30. The zero-order valence-corrected chi connectivity index (χ0v) is 11.5. The second kappa shape index (κ2) is 5.41. The second-order valence-corrected chi connectivity index (χ2v) is 4.77. The topological polar surface area (TPSA) is 81.1 Å². The third-order valence-corrected chi connectivity index (χ3v) is 3.19. The number of hydrogen-bond donors (Lipinski definition) is 1. The summed E-state index contributed by atoms with van der Waals surface area (Å²) in [6.07, 6.45) is 1.55. The third-order valence-electron chi connectivity index (χ3n) is 2.94. The van der Waals surface area contributed by atoms with Gasteiger partial charge in [0.15, 0.2) is 5.69 Å². The van der Waals surface area contributed by atoms with E-state index in [0.717, 1.165) is 0 Å². The number of carboxylic acids is 1. The molecule has 0 aliphatic carbocycles. The van der Waals surface area contributed by atoms with Gasteiger partial charge in [-0.25, -0.2) is 9.48 Å². The normalized spacial score (nSPS) is 10.7. The molecule has 0 aliphatic rings. The number of furan rings is 1. The van der Waals surface area contributed by atoms with Crippen molar-refractivity contribution >= 4 is 17.6 Å². The van der Waals surface area contributed by atoms with Crippen LogP contribution in [0.3, 0.4) is 0 Å². The Morgan fingerprint density at radius 1 is 1.29 bits per heavy atom. The molecule has 7 heteroatoms. The minimum absolute atomic E-state index is 0.108. The largest absolute Gasteiger partial charge is 0.476 e. The van der Waals surface area contributed by atoms with Gasteiger partial charge >= 0.3 is 5.97 Å². The summed E-state index contributed by atoms with van der Waals surface area (Å²) in [6, 6.07) is 10.4. The average molecular weight is 304 g/mol. The van der Waals surface area contributed by atoms with Crippen molar-refractivity contribution in [1.82, 2.24) is 15.0 Å². The molecule has 0 saturated heterocycles. The maximum absolute atomic E-state index is 11.3. The smallest absolute Gasteiger partial charge is 0.358 e. The molecule has 0 atom stereocenters. The Kier molecular flexibility index (Phi) is 3.45. The van der Waals surface area contributed by atoms with E-state index in [4.69, 9.17) is 16.0 Å². The van der Waals surface area contributed by atoms with Crippen molar-refractivity contribution in [3.63, 3.8) is 0 Å². The lowest BCUT2D eigenvalue weighted by Gasteiger charge is -2.06. The lowest BCUT2D eigenvalue weighted by Crippen LogP contribution is -2.05. The second-order valence-electron chi connectivity index (χ2n) is 4.34. The summed E-state index contributed by atoms with van der Waals surface area (Å²) >= 11 is 5.86.